The molecule has 4 rings (SSSR count). The Kier molecular flexibility index (Phi) is 5.03. The fourth-order valence-electron chi connectivity index (χ4n) is 5.02. The molecule has 1 saturated heterocycles. The summed E-state index contributed by atoms with van der Waals surface area (Å²) in [6, 6.07) is 8.06. The van der Waals surface area contributed by atoms with E-state index in [0.717, 1.165) is 18.4 Å². The lowest BCUT2D eigenvalue weighted by Crippen LogP contribution is -2.51. The maximum atomic E-state index is 13.1. The van der Waals surface area contributed by atoms with Crippen LogP contribution in [0.5, 0.6) is 0 Å². The second kappa shape index (κ2) is 7.26. The predicted octanol–water partition coefficient (Wildman–Crippen LogP) is 3.39. The monoisotopic (exact) mass is 362 g/mol. The molecule has 136 valence electrons. The number of nitrogens with two attached hydrogens (primary N) is 1. The van der Waals surface area contributed by atoms with Crippen LogP contribution in [-0.4, -0.2) is 36.5 Å². The van der Waals surface area contributed by atoms with Gasteiger partial charge in [0.1, 0.15) is 6.10 Å². The molecule has 5 heteroatoms. The second-order valence-corrected chi connectivity index (χ2v) is 8.27. The van der Waals surface area contributed by atoms with Crippen molar-refractivity contribution in [2.24, 2.45) is 23.5 Å². The van der Waals surface area contributed by atoms with Gasteiger partial charge in [0.2, 0.25) is 5.91 Å². The summed E-state index contributed by atoms with van der Waals surface area (Å²) >= 11 is 6.32. The van der Waals surface area contributed by atoms with Gasteiger partial charge in [-0.15, -0.1) is 0 Å². The van der Waals surface area contributed by atoms with Gasteiger partial charge in [0.05, 0.1) is 13.2 Å². The molecule has 3 fully saturated rings. The van der Waals surface area contributed by atoms with E-state index in [1.54, 1.807) is 0 Å². The van der Waals surface area contributed by atoms with Gasteiger partial charge in [0.15, 0.2) is 0 Å². The number of hydrogen-bond donors (Lipinski definition) is 1. The SMILES string of the molecule is NC1C2CCCC1CC(C(=O)N1CCOC(c3ccccc3Cl)C1)C2. The van der Waals surface area contributed by atoms with E-state index in [1.807, 2.05) is 29.2 Å². The van der Waals surface area contributed by atoms with Gasteiger partial charge in [0, 0.05) is 29.1 Å². The molecule has 2 aliphatic carbocycles. The highest BCUT2D eigenvalue weighted by Gasteiger charge is 2.42. The first kappa shape index (κ1) is 17.3. The van der Waals surface area contributed by atoms with Gasteiger partial charge in [-0.25, -0.2) is 0 Å². The van der Waals surface area contributed by atoms with E-state index in [0.29, 0.717) is 48.5 Å². The molecule has 1 aromatic carbocycles. The standard InChI is InChI=1S/C20H27ClN2O2/c21-17-7-2-1-6-16(17)18-12-23(8-9-25-18)20(24)15-10-13-4-3-5-14(11-15)19(13)22/h1-2,6-7,13-15,18-19H,3-5,8-12,22H2. The third-order valence-corrected chi connectivity index (χ3v) is 6.74. The number of fused-ring (bicyclic) bond motifs is 2. The first-order valence-electron chi connectivity index (χ1n) is 9.54. The van der Waals surface area contributed by atoms with Crippen LogP contribution in [0.1, 0.15) is 43.8 Å². The van der Waals surface area contributed by atoms with Crippen LogP contribution in [0.25, 0.3) is 0 Å². The van der Waals surface area contributed by atoms with Gasteiger partial charge >= 0.3 is 0 Å². The van der Waals surface area contributed by atoms with Crippen molar-refractivity contribution in [2.45, 2.75) is 44.2 Å². The molecule has 25 heavy (non-hydrogen) atoms. The highest BCUT2D eigenvalue weighted by Crippen LogP contribution is 2.42. The molecule has 1 heterocycles. The molecule has 4 nitrogen and oxygen atoms in total. The average molecular weight is 363 g/mol. The Morgan fingerprint density at radius 3 is 2.64 bits per heavy atom. The van der Waals surface area contributed by atoms with Crippen LogP contribution in [0.15, 0.2) is 24.3 Å². The molecule has 1 aliphatic heterocycles. The minimum absolute atomic E-state index is 0.128. The Hall–Kier alpha value is -1.10. The second-order valence-electron chi connectivity index (χ2n) is 7.86. The third-order valence-electron chi connectivity index (χ3n) is 6.39. The van der Waals surface area contributed by atoms with Crippen LogP contribution in [0.3, 0.4) is 0 Å². The van der Waals surface area contributed by atoms with Crippen LogP contribution in [-0.2, 0) is 9.53 Å². The van der Waals surface area contributed by atoms with Crippen LogP contribution in [0.4, 0.5) is 0 Å². The van der Waals surface area contributed by atoms with E-state index >= 15 is 0 Å². The number of rotatable bonds is 2. The molecule has 1 aromatic rings. The number of ether oxygens (including phenoxy) is 1. The van der Waals surface area contributed by atoms with Crippen molar-refractivity contribution < 1.29 is 9.53 Å². The minimum atomic E-state index is -0.128. The average Bonchev–Trinajstić information content (AvgIpc) is 2.61. The van der Waals surface area contributed by atoms with Crippen molar-refractivity contribution in [1.29, 1.82) is 0 Å². The number of halogens is 1. The Bertz CT molecular complexity index is 624. The van der Waals surface area contributed by atoms with E-state index in [2.05, 4.69) is 0 Å². The number of carbonyl (C=O) groups excluding carboxylic acids is 1. The quantitative estimate of drug-likeness (QED) is 0.877. The summed E-state index contributed by atoms with van der Waals surface area (Å²) in [6.07, 6.45) is 5.45. The van der Waals surface area contributed by atoms with Crippen molar-refractivity contribution in [2.75, 3.05) is 19.7 Å². The third kappa shape index (κ3) is 3.44. The zero-order valence-electron chi connectivity index (χ0n) is 14.6. The molecule has 0 spiro atoms. The van der Waals surface area contributed by atoms with Crippen molar-refractivity contribution in [3.8, 4) is 0 Å². The number of carbonyl (C=O) groups is 1. The Morgan fingerprint density at radius 1 is 1.20 bits per heavy atom. The number of morpholine rings is 1. The maximum absolute atomic E-state index is 13.1. The van der Waals surface area contributed by atoms with Crippen molar-refractivity contribution in [3.63, 3.8) is 0 Å². The van der Waals surface area contributed by atoms with Gasteiger partial charge in [-0.05, 0) is 43.6 Å². The van der Waals surface area contributed by atoms with Gasteiger partial charge in [-0.3, -0.25) is 4.79 Å². The zero-order chi connectivity index (χ0) is 17.4. The smallest absolute Gasteiger partial charge is 0.225 e. The fourth-order valence-corrected chi connectivity index (χ4v) is 5.28. The van der Waals surface area contributed by atoms with E-state index < -0.39 is 0 Å². The maximum Gasteiger partial charge on any atom is 0.225 e. The van der Waals surface area contributed by atoms with E-state index in [4.69, 9.17) is 22.1 Å². The first-order valence-corrected chi connectivity index (χ1v) is 9.91. The highest BCUT2D eigenvalue weighted by molar-refractivity contribution is 6.31. The van der Waals surface area contributed by atoms with Gasteiger partial charge in [-0.2, -0.15) is 0 Å². The number of amides is 1. The number of benzene rings is 1. The summed E-state index contributed by atoms with van der Waals surface area (Å²) in [6.45, 7) is 1.85. The summed E-state index contributed by atoms with van der Waals surface area (Å²) < 4.78 is 5.91. The lowest BCUT2D eigenvalue weighted by molar-refractivity contribution is -0.146. The lowest BCUT2D eigenvalue weighted by atomic mass is 9.65. The Morgan fingerprint density at radius 2 is 1.92 bits per heavy atom. The van der Waals surface area contributed by atoms with Crippen molar-refractivity contribution in [1.82, 2.24) is 4.90 Å². The Balaban J connectivity index is 1.45. The summed E-state index contributed by atoms with van der Waals surface area (Å²) in [5.74, 6) is 1.49. The molecule has 0 aromatic heterocycles. The van der Waals surface area contributed by atoms with Crippen LogP contribution < -0.4 is 5.73 Å². The molecule has 3 unspecified atom stereocenters. The van der Waals surface area contributed by atoms with Gasteiger partial charge in [0.25, 0.3) is 0 Å². The Labute approximate surface area is 154 Å². The zero-order valence-corrected chi connectivity index (χ0v) is 15.3. The number of hydrogen-bond acceptors (Lipinski definition) is 3. The van der Waals surface area contributed by atoms with E-state index in [-0.39, 0.29) is 12.0 Å². The van der Waals surface area contributed by atoms with Crippen LogP contribution in [0, 0.1) is 17.8 Å². The predicted molar refractivity (Wildman–Crippen MR) is 98.3 cm³/mol. The highest BCUT2D eigenvalue weighted by atomic mass is 35.5. The summed E-state index contributed by atoms with van der Waals surface area (Å²) in [5, 5.41) is 0.708. The van der Waals surface area contributed by atoms with Gasteiger partial charge in [-0.1, -0.05) is 36.2 Å². The van der Waals surface area contributed by atoms with Crippen LogP contribution >= 0.6 is 11.6 Å². The summed E-state index contributed by atoms with van der Waals surface area (Å²) in [7, 11) is 0. The molecule has 2 N–H and O–H groups in total. The molecule has 2 saturated carbocycles. The van der Waals surface area contributed by atoms with Crippen LogP contribution in [0.2, 0.25) is 5.02 Å². The van der Waals surface area contributed by atoms with Crippen molar-refractivity contribution in [3.05, 3.63) is 34.9 Å². The molecule has 1 amide bonds. The molecule has 3 atom stereocenters. The largest absolute Gasteiger partial charge is 0.370 e. The van der Waals surface area contributed by atoms with E-state index in [1.165, 1.54) is 19.3 Å². The summed E-state index contributed by atoms with van der Waals surface area (Å²) in [5.41, 5.74) is 7.36. The van der Waals surface area contributed by atoms with Crippen molar-refractivity contribution >= 4 is 17.5 Å². The number of nitrogens with zero attached hydrogens (tertiary/aromatic N) is 1. The van der Waals surface area contributed by atoms with E-state index in [9.17, 15) is 4.79 Å². The topological polar surface area (TPSA) is 55.6 Å². The molecular formula is C20H27ClN2O2. The lowest BCUT2D eigenvalue weighted by Gasteiger charge is -2.45. The molecule has 3 aliphatic rings. The fraction of sp³-hybridized carbons (Fsp3) is 0.650. The molecule has 2 bridgehead atoms. The first-order chi connectivity index (χ1) is 12.1. The minimum Gasteiger partial charge on any atom is -0.370 e. The molecular weight excluding hydrogens is 336 g/mol. The molecule has 0 radical (unpaired) electrons. The van der Waals surface area contributed by atoms with Gasteiger partial charge < -0.3 is 15.4 Å². The normalized spacial score (nSPS) is 35.4. The summed E-state index contributed by atoms with van der Waals surface area (Å²) in [4.78, 5) is 15.1.